The van der Waals surface area contributed by atoms with Crippen LogP contribution in [0.1, 0.15) is 33.6 Å². The van der Waals surface area contributed by atoms with Gasteiger partial charge in [0.05, 0.1) is 11.7 Å². The van der Waals surface area contributed by atoms with Crippen LogP contribution in [0, 0.1) is 17.3 Å². The van der Waals surface area contributed by atoms with Gasteiger partial charge in [0.2, 0.25) is 0 Å². The molecule has 2 nitrogen and oxygen atoms in total. The van der Waals surface area contributed by atoms with Crippen LogP contribution in [0.4, 0.5) is 0 Å². The maximum Gasteiger partial charge on any atom is 0.488 e. The van der Waals surface area contributed by atoms with Crippen molar-refractivity contribution in [3.05, 3.63) is 0 Å². The van der Waals surface area contributed by atoms with E-state index in [0.717, 1.165) is 5.92 Å². The normalized spacial score (nSPS) is 56.4. The van der Waals surface area contributed by atoms with E-state index in [1.807, 2.05) is 0 Å². The van der Waals surface area contributed by atoms with Crippen molar-refractivity contribution in [2.75, 3.05) is 0 Å². The first-order valence-electron chi connectivity index (χ1n) is 5.20. The van der Waals surface area contributed by atoms with Crippen LogP contribution < -0.4 is 0 Å². The van der Waals surface area contributed by atoms with Crippen molar-refractivity contribution in [1.82, 2.24) is 0 Å². The Hall–Kier alpha value is -0.0151. The molecule has 3 heteroatoms. The number of hydrogen-bond donors (Lipinski definition) is 0. The molecule has 71 valence electrons. The molecule has 4 atom stereocenters. The minimum Gasteiger partial charge on any atom is -0.407 e. The molecule has 13 heavy (non-hydrogen) atoms. The second-order valence-electron chi connectivity index (χ2n) is 5.56. The van der Waals surface area contributed by atoms with E-state index < -0.39 is 0 Å². The van der Waals surface area contributed by atoms with Gasteiger partial charge in [-0.05, 0) is 37.0 Å². The fourth-order valence-corrected chi connectivity index (χ4v) is 3.65. The van der Waals surface area contributed by atoms with Gasteiger partial charge in [0, 0.05) is 0 Å². The van der Waals surface area contributed by atoms with Crippen LogP contribution in [0.2, 0.25) is 0 Å². The molecule has 3 saturated carbocycles. The van der Waals surface area contributed by atoms with E-state index in [9.17, 15) is 0 Å². The maximum atomic E-state index is 5.68. The van der Waals surface area contributed by atoms with E-state index in [2.05, 4.69) is 20.8 Å². The minimum atomic E-state index is -0.0295. The first-order valence-corrected chi connectivity index (χ1v) is 5.20. The Morgan fingerprint density at radius 2 is 2.00 bits per heavy atom. The third-order valence-corrected chi connectivity index (χ3v) is 4.82. The average Bonchev–Trinajstić information content (AvgIpc) is 2.44. The molecule has 1 radical (unpaired) electrons. The molecule has 1 aliphatic heterocycles. The Balaban J connectivity index is 1.97. The van der Waals surface area contributed by atoms with E-state index >= 15 is 0 Å². The molecule has 1 saturated heterocycles. The average molecular weight is 179 g/mol. The van der Waals surface area contributed by atoms with Crippen LogP contribution in [-0.2, 0) is 9.31 Å². The molecule has 0 aromatic rings. The highest BCUT2D eigenvalue weighted by Crippen LogP contribution is 2.65. The van der Waals surface area contributed by atoms with Gasteiger partial charge in [0.1, 0.15) is 0 Å². The van der Waals surface area contributed by atoms with E-state index in [1.54, 1.807) is 7.69 Å². The fourth-order valence-electron chi connectivity index (χ4n) is 3.65. The van der Waals surface area contributed by atoms with Crippen molar-refractivity contribution in [3.63, 3.8) is 0 Å². The van der Waals surface area contributed by atoms with E-state index in [-0.39, 0.29) is 5.60 Å². The summed E-state index contributed by atoms with van der Waals surface area (Å²) in [7, 11) is 1.56. The summed E-state index contributed by atoms with van der Waals surface area (Å²) in [6.07, 6.45) is 2.83. The lowest BCUT2D eigenvalue weighted by Crippen LogP contribution is -2.65. The first-order chi connectivity index (χ1) is 6.05. The van der Waals surface area contributed by atoms with Crippen LogP contribution in [0.3, 0.4) is 0 Å². The van der Waals surface area contributed by atoms with Crippen LogP contribution in [0.15, 0.2) is 0 Å². The largest absolute Gasteiger partial charge is 0.488 e. The van der Waals surface area contributed by atoms with Gasteiger partial charge in [-0.25, -0.2) is 0 Å². The molecular weight excluding hydrogens is 163 g/mol. The third kappa shape index (κ3) is 0.786. The Morgan fingerprint density at radius 1 is 1.23 bits per heavy atom. The Bertz CT molecular complexity index is 253. The van der Waals surface area contributed by atoms with Crippen molar-refractivity contribution in [2.45, 2.75) is 45.3 Å². The zero-order valence-electron chi connectivity index (χ0n) is 8.54. The van der Waals surface area contributed by atoms with E-state index in [4.69, 9.17) is 9.31 Å². The highest BCUT2D eigenvalue weighted by molar-refractivity contribution is 6.19. The van der Waals surface area contributed by atoms with Gasteiger partial charge in [-0.15, -0.1) is 0 Å². The zero-order valence-corrected chi connectivity index (χ0v) is 8.54. The molecule has 0 amide bonds. The molecule has 0 aromatic heterocycles. The van der Waals surface area contributed by atoms with Crippen LogP contribution in [0.25, 0.3) is 0 Å². The smallest absolute Gasteiger partial charge is 0.407 e. The van der Waals surface area contributed by atoms with Gasteiger partial charge >= 0.3 is 7.69 Å². The predicted octanol–water partition coefficient (Wildman–Crippen LogP) is 1.76. The molecule has 4 fully saturated rings. The van der Waals surface area contributed by atoms with Crippen molar-refractivity contribution in [1.29, 1.82) is 0 Å². The monoisotopic (exact) mass is 179 g/mol. The summed E-state index contributed by atoms with van der Waals surface area (Å²) in [6.45, 7) is 6.95. The SMILES string of the molecule is CC1(C)C2CC3O[B]OC3(C)C1C2. The van der Waals surface area contributed by atoms with Gasteiger partial charge in [-0.1, -0.05) is 13.8 Å². The summed E-state index contributed by atoms with van der Waals surface area (Å²) in [6, 6.07) is 0. The molecular formula is C10H16BO2. The highest BCUT2D eigenvalue weighted by Gasteiger charge is 2.65. The van der Waals surface area contributed by atoms with Crippen molar-refractivity contribution in [3.8, 4) is 0 Å². The Kier molecular flexibility index (Phi) is 1.37. The summed E-state index contributed by atoms with van der Waals surface area (Å²) in [5.74, 6) is 1.54. The molecule has 4 unspecified atom stereocenters. The predicted molar refractivity (Wildman–Crippen MR) is 50.1 cm³/mol. The molecule has 4 rings (SSSR count). The maximum absolute atomic E-state index is 5.68. The van der Waals surface area contributed by atoms with Gasteiger partial charge in [0.15, 0.2) is 0 Å². The van der Waals surface area contributed by atoms with Gasteiger partial charge < -0.3 is 9.31 Å². The van der Waals surface area contributed by atoms with Crippen molar-refractivity contribution < 1.29 is 9.31 Å². The van der Waals surface area contributed by atoms with Crippen LogP contribution >= 0.6 is 0 Å². The lowest BCUT2D eigenvalue weighted by Gasteiger charge is -2.64. The van der Waals surface area contributed by atoms with Crippen molar-refractivity contribution >= 4 is 7.69 Å². The van der Waals surface area contributed by atoms with E-state index in [1.165, 1.54) is 12.8 Å². The summed E-state index contributed by atoms with van der Waals surface area (Å²) < 4.78 is 11.2. The molecule has 0 spiro atoms. The lowest BCUT2D eigenvalue weighted by atomic mass is 9.43. The third-order valence-electron chi connectivity index (χ3n) is 4.82. The molecule has 4 aliphatic rings. The van der Waals surface area contributed by atoms with Crippen LogP contribution in [-0.4, -0.2) is 19.4 Å². The molecule has 2 bridgehead atoms. The van der Waals surface area contributed by atoms with Crippen molar-refractivity contribution in [2.24, 2.45) is 17.3 Å². The molecule has 1 heterocycles. The molecule has 0 aromatic carbocycles. The second kappa shape index (κ2) is 2.14. The zero-order chi connectivity index (χ0) is 9.27. The summed E-state index contributed by atoms with van der Waals surface area (Å²) in [5, 5.41) is 0. The topological polar surface area (TPSA) is 18.5 Å². The van der Waals surface area contributed by atoms with Gasteiger partial charge in [-0.2, -0.15) is 0 Å². The Labute approximate surface area is 80.3 Å². The van der Waals surface area contributed by atoms with Gasteiger partial charge in [0.25, 0.3) is 0 Å². The van der Waals surface area contributed by atoms with Gasteiger partial charge in [-0.3, -0.25) is 0 Å². The minimum absolute atomic E-state index is 0.0295. The standard InChI is InChI=1S/C10H16BO2/c1-9(2)6-4-7(9)10(3)8(5-6)12-11-13-10/h6-8H,4-5H2,1-3H3. The lowest BCUT2D eigenvalue weighted by molar-refractivity contribution is -0.199. The summed E-state index contributed by atoms with van der Waals surface area (Å²) in [5.41, 5.74) is 0.436. The highest BCUT2D eigenvalue weighted by atomic mass is 16.6. The second-order valence-corrected chi connectivity index (χ2v) is 5.56. The summed E-state index contributed by atoms with van der Waals surface area (Å²) >= 11 is 0. The molecule has 3 aliphatic carbocycles. The quantitative estimate of drug-likeness (QED) is 0.527. The van der Waals surface area contributed by atoms with Crippen LogP contribution in [0.5, 0.6) is 0 Å². The number of hydrogen-bond acceptors (Lipinski definition) is 2. The Morgan fingerprint density at radius 3 is 2.69 bits per heavy atom. The summed E-state index contributed by atoms with van der Waals surface area (Å²) in [4.78, 5) is 0. The fraction of sp³-hybridized carbons (Fsp3) is 1.00. The first kappa shape index (κ1) is 8.31. The number of rotatable bonds is 0. The molecule has 0 N–H and O–H groups in total. The van der Waals surface area contributed by atoms with E-state index in [0.29, 0.717) is 17.4 Å².